The molecule has 0 radical (unpaired) electrons. The zero-order chi connectivity index (χ0) is 17.5. The highest BCUT2D eigenvalue weighted by Gasteiger charge is 2.30. The van der Waals surface area contributed by atoms with E-state index in [0.717, 1.165) is 18.2 Å². The Labute approximate surface area is 139 Å². The van der Waals surface area contributed by atoms with Gasteiger partial charge in [0.25, 0.3) is 5.56 Å². The van der Waals surface area contributed by atoms with Crippen molar-refractivity contribution in [2.75, 3.05) is 12.4 Å². The molecule has 0 aliphatic heterocycles. The Hall–Kier alpha value is -2.61. The van der Waals surface area contributed by atoms with Gasteiger partial charge in [0.1, 0.15) is 0 Å². The van der Waals surface area contributed by atoms with Gasteiger partial charge in [0.2, 0.25) is 0 Å². The van der Waals surface area contributed by atoms with Gasteiger partial charge in [-0.25, -0.2) is 0 Å². The third-order valence-corrected chi connectivity index (χ3v) is 3.92. The minimum absolute atomic E-state index is 0.0227. The molecule has 0 saturated heterocycles. The van der Waals surface area contributed by atoms with E-state index in [4.69, 9.17) is 12.2 Å². The maximum atomic E-state index is 12.8. The van der Waals surface area contributed by atoms with Gasteiger partial charge >= 0.3 is 6.18 Å². The van der Waals surface area contributed by atoms with E-state index >= 15 is 0 Å². The number of rotatable bonds is 2. The largest absolute Gasteiger partial charge is 0.416 e. The Morgan fingerprint density at radius 2 is 1.88 bits per heavy atom. The second-order valence-electron chi connectivity index (χ2n) is 5.10. The maximum Gasteiger partial charge on any atom is 0.416 e. The predicted octanol–water partition coefficient (Wildman–Crippen LogP) is 4.11. The summed E-state index contributed by atoms with van der Waals surface area (Å²) in [6.45, 7) is 0. The molecule has 1 heterocycles. The number of hydrogen-bond donors (Lipinski definition) is 2. The van der Waals surface area contributed by atoms with E-state index in [9.17, 15) is 18.0 Å². The van der Waals surface area contributed by atoms with E-state index in [0.29, 0.717) is 11.4 Å². The minimum atomic E-state index is -4.49. The van der Waals surface area contributed by atoms with Crippen molar-refractivity contribution < 1.29 is 13.2 Å². The molecule has 0 aliphatic rings. The molecule has 0 amide bonds. The van der Waals surface area contributed by atoms with E-state index in [1.165, 1.54) is 4.57 Å². The molecule has 3 aromatic rings. The van der Waals surface area contributed by atoms with Crippen molar-refractivity contribution in [3.05, 3.63) is 63.2 Å². The Morgan fingerprint density at radius 3 is 2.54 bits per heavy atom. The van der Waals surface area contributed by atoms with Crippen LogP contribution in [0.25, 0.3) is 16.6 Å². The van der Waals surface area contributed by atoms with E-state index in [2.05, 4.69) is 10.3 Å². The summed E-state index contributed by atoms with van der Waals surface area (Å²) in [5.74, 6) is 0. The predicted molar refractivity (Wildman–Crippen MR) is 89.3 cm³/mol. The number of para-hydroxylation sites is 2. The number of aromatic amines is 1. The van der Waals surface area contributed by atoms with Crippen molar-refractivity contribution in [3.8, 4) is 5.69 Å². The number of hydrogen-bond acceptors (Lipinski definition) is 3. The topological polar surface area (TPSA) is 49.8 Å². The Bertz CT molecular complexity index is 1040. The summed E-state index contributed by atoms with van der Waals surface area (Å²) in [5, 5.41) is 3.08. The van der Waals surface area contributed by atoms with Crippen LogP contribution in [-0.4, -0.2) is 16.6 Å². The van der Waals surface area contributed by atoms with Crippen LogP contribution < -0.4 is 10.9 Å². The van der Waals surface area contributed by atoms with Crippen LogP contribution in [0.3, 0.4) is 0 Å². The number of nitrogens with one attached hydrogen (secondary N) is 2. The van der Waals surface area contributed by atoms with Gasteiger partial charge in [-0.05, 0) is 42.5 Å². The smallest absolute Gasteiger partial charge is 0.386 e. The number of benzene rings is 2. The fourth-order valence-corrected chi connectivity index (χ4v) is 2.78. The lowest BCUT2D eigenvalue weighted by Crippen LogP contribution is -2.21. The first-order chi connectivity index (χ1) is 11.3. The first kappa shape index (κ1) is 16.3. The van der Waals surface area contributed by atoms with Crippen molar-refractivity contribution >= 4 is 28.8 Å². The summed E-state index contributed by atoms with van der Waals surface area (Å²) in [4.78, 5) is 15.5. The van der Waals surface area contributed by atoms with Crippen molar-refractivity contribution in [3.63, 3.8) is 0 Å². The molecule has 0 bridgehead atoms. The molecule has 0 unspecified atom stereocenters. The standard InChI is InChI=1S/C16H12F3N3OS/c1-20-11-4-2-3-5-13(11)22-14(23)10-7-6-9(16(17,18)19)8-12(10)21-15(22)24/h2-8,20H,1H3,(H,21,24). The first-order valence-corrected chi connectivity index (χ1v) is 7.37. The second kappa shape index (κ2) is 5.79. The summed E-state index contributed by atoms with van der Waals surface area (Å²) in [6.07, 6.45) is -4.49. The van der Waals surface area contributed by atoms with Crippen molar-refractivity contribution in [1.82, 2.24) is 9.55 Å². The van der Waals surface area contributed by atoms with Crippen LogP contribution in [-0.2, 0) is 6.18 Å². The summed E-state index contributed by atoms with van der Waals surface area (Å²) in [5.41, 5.74) is -0.0741. The van der Waals surface area contributed by atoms with Gasteiger partial charge in [-0.2, -0.15) is 13.2 Å². The SMILES string of the molecule is CNc1ccccc1-n1c(=S)[nH]c2cc(C(F)(F)F)ccc2c1=O. The summed E-state index contributed by atoms with van der Waals surface area (Å²) >= 11 is 5.19. The van der Waals surface area contributed by atoms with Crippen molar-refractivity contribution in [2.45, 2.75) is 6.18 Å². The molecule has 0 fully saturated rings. The summed E-state index contributed by atoms with van der Waals surface area (Å²) in [7, 11) is 1.70. The quantitative estimate of drug-likeness (QED) is 0.683. The summed E-state index contributed by atoms with van der Waals surface area (Å²) < 4.78 is 39.8. The second-order valence-corrected chi connectivity index (χ2v) is 5.48. The molecule has 0 atom stereocenters. The zero-order valence-corrected chi connectivity index (χ0v) is 13.3. The third kappa shape index (κ3) is 2.69. The number of nitrogens with zero attached hydrogens (tertiary/aromatic N) is 1. The van der Waals surface area contributed by atoms with E-state index in [1.54, 1.807) is 31.3 Å². The Morgan fingerprint density at radius 1 is 1.17 bits per heavy atom. The van der Waals surface area contributed by atoms with Crippen LogP contribution in [0, 0.1) is 4.77 Å². The average Bonchev–Trinajstić information content (AvgIpc) is 2.54. The van der Waals surface area contributed by atoms with Gasteiger partial charge in [0, 0.05) is 7.05 Å². The monoisotopic (exact) mass is 351 g/mol. The number of alkyl halides is 3. The number of fused-ring (bicyclic) bond motifs is 1. The molecule has 0 spiro atoms. The van der Waals surface area contributed by atoms with E-state index < -0.39 is 17.3 Å². The van der Waals surface area contributed by atoms with Crippen LogP contribution >= 0.6 is 12.2 Å². The number of H-pyrrole nitrogens is 1. The van der Waals surface area contributed by atoms with Gasteiger partial charge in [0.15, 0.2) is 4.77 Å². The molecule has 124 valence electrons. The normalized spacial score (nSPS) is 11.7. The highest BCUT2D eigenvalue weighted by Crippen LogP contribution is 2.30. The van der Waals surface area contributed by atoms with Gasteiger partial charge in [-0.15, -0.1) is 0 Å². The van der Waals surface area contributed by atoms with Crippen LogP contribution in [0.2, 0.25) is 0 Å². The van der Waals surface area contributed by atoms with Crippen molar-refractivity contribution in [1.29, 1.82) is 0 Å². The van der Waals surface area contributed by atoms with E-state index in [-0.39, 0.29) is 15.7 Å². The van der Waals surface area contributed by atoms with Crippen molar-refractivity contribution in [2.24, 2.45) is 0 Å². The fraction of sp³-hybridized carbons (Fsp3) is 0.125. The van der Waals surface area contributed by atoms with Crippen LogP contribution in [0.5, 0.6) is 0 Å². The van der Waals surface area contributed by atoms with Crippen LogP contribution in [0.4, 0.5) is 18.9 Å². The van der Waals surface area contributed by atoms with Gasteiger partial charge in [-0.1, -0.05) is 12.1 Å². The Balaban J connectivity index is 2.33. The molecular weight excluding hydrogens is 339 g/mol. The zero-order valence-electron chi connectivity index (χ0n) is 12.4. The van der Waals surface area contributed by atoms with E-state index in [1.807, 2.05) is 0 Å². The molecule has 4 nitrogen and oxygen atoms in total. The number of aromatic nitrogens is 2. The highest BCUT2D eigenvalue weighted by atomic mass is 32.1. The molecule has 0 aliphatic carbocycles. The molecule has 24 heavy (non-hydrogen) atoms. The number of halogens is 3. The minimum Gasteiger partial charge on any atom is -0.386 e. The van der Waals surface area contributed by atoms with Gasteiger partial charge in [-0.3, -0.25) is 9.36 Å². The molecular formula is C16H12F3N3OS. The third-order valence-electron chi connectivity index (χ3n) is 3.64. The van der Waals surface area contributed by atoms with Gasteiger partial charge in [0.05, 0.1) is 27.8 Å². The molecule has 8 heteroatoms. The lowest BCUT2D eigenvalue weighted by Gasteiger charge is -2.13. The van der Waals surface area contributed by atoms with Crippen LogP contribution in [0.15, 0.2) is 47.3 Å². The first-order valence-electron chi connectivity index (χ1n) is 6.96. The Kier molecular flexibility index (Phi) is 3.92. The van der Waals surface area contributed by atoms with Gasteiger partial charge < -0.3 is 10.3 Å². The molecule has 0 saturated carbocycles. The molecule has 2 aromatic carbocycles. The lowest BCUT2D eigenvalue weighted by molar-refractivity contribution is -0.137. The number of anilines is 1. The summed E-state index contributed by atoms with van der Waals surface area (Å²) in [6, 6.07) is 9.94. The highest BCUT2D eigenvalue weighted by molar-refractivity contribution is 7.71. The molecule has 1 aromatic heterocycles. The average molecular weight is 351 g/mol. The molecule has 3 rings (SSSR count). The maximum absolute atomic E-state index is 12.8. The fourth-order valence-electron chi connectivity index (χ4n) is 2.49. The molecule has 2 N–H and O–H groups in total. The lowest BCUT2D eigenvalue weighted by atomic mass is 10.1. The van der Waals surface area contributed by atoms with Crippen LogP contribution in [0.1, 0.15) is 5.56 Å².